The van der Waals surface area contributed by atoms with E-state index in [0.29, 0.717) is 37.4 Å². The molecule has 1 N–H and O–H groups in total. The van der Waals surface area contributed by atoms with Crippen LogP contribution in [0.25, 0.3) is 0 Å². The predicted octanol–water partition coefficient (Wildman–Crippen LogP) is 3.14. The first-order chi connectivity index (χ1) is 14.9. The summed E-state index contributed by atoms with van der Waals surface area (Å²) in [6.07, 6.45) is 1.21. The number of carbonyl (C=O) groups is 1. The molecule has 2 aromatic rings. The number of sulfonamides is 1. The Bertz CT molecular complexity index is 1010. The maximum absolute atomic E-state index is 13.3. The number of methoxy groups -OCH3 is 2. The van der Waals surface area contributed by atoms with Gasteiger partial charge in [0.2, 0.25) is 15.9 Å². The van der Waals surface area contributed by atoms with Gasteiger partial charge in [0, 0.05) is 24.8 Å². The van der Waals surface area contributed by atoms with Crippen LogP contribution in [0.15, 0.2) is 47.4 Å². The number of benzene rings is 2. The first-order valence-corrected chi connectivity index (χ1v) is 11.6. The molecule has 31 heavy (non-hydrogen) atoms. The summed E-state index contributed by atoms with van der Waals surface area (Å²) < 4.78 is 43.8. The molecule has 1 aliphatic rings. The Morgan fingerprint density at radius 2 is 1.81 bits per heavy atom. The lowest BCUT2D eigenvalue weighted by Gasteiger charge is -2.31. The SMILES string of the molecule is CCOc1ccc(NC(=O)[C@@H]2CCCN(S(=O)(=O)c3cc(OC)ccc3OC)C2)cc1. The highest BCUT2D eigenvalue weighted by atomic mass is 32.2. The third-order valence-corrected chi connectivity index (χ3v) is 7.06. The molecule has 9 heteroatoms. The number of nitrogens with one attached hydrogen (secondary N) is 1. The number of ether oxygens (including phenoxy) is 3. The fourth-order valence-electron chi connectivity index (χ4n) is 3.54. The molecule has 8 nitrogen and oxygen atoms in total. The van der Waals surface area contributed by atoms with Gasteiger partial charge < -0.3 is 19.5 Å². The van der Waals surface area contributed by atoms with E-state index >= 15 is 0 Å². The smallest absolute Gasteiger partial charge is 0.246 e. The lowest BCUT2D eigenvalue weighted by molar-refractivity contribution is -0.120. The highest BCUT2D eigenvalue weighted by molar-refractivity contribution is 7.89. The van der Waals surface area contributed by atoms with E-state index in [4.69, 9.17) is 14.2 Å². The van der Waals surface area contributed by atoms with Crippen molar-refractivity contribution in [2.75, 3.05) is 39.2 Å². The van der Waals surface area contributed by atoms with Gasteiger partial charge in [-0.3, -0.25) is 4.79 Å². The summed E-state index contributed by atoms with van der Waals surface area (Å²) in [5.41, 5.74) is 0.642. The third kappa shape index (κ3) is 5.29. The van der Waals surface area contributed by atoms with E-state index in [1.165, 1.54) is 24.6 Å². The standard InChI is InChI=1S/C22H28N2O6S/c1-4-30-18-9-7-17(8-10-18)23-22(25)16-6-5-13-24(15-16)31(26,27)21-14-19(28-2)11-12-20(21)29-3/h7-12,14,16H,4-6,13,15H2,1-3H3,(H,23,25)/t16-/m1/s1. The van der Waals surface area contributed by atoms with Gasteiger partial charge in [-0.25, -0.2) is 8.42 Å². The molecule has 168 valence electrons. The molecule has 1 atom stereocenters. The predicted molar refractivity (Wildman–Crippen MR) is 117 cm³/mol. The number of rotatable bonds is 8. The molecule has 0 radical (unpaired) electrons. The van der Waals surface area contributed by atoms with Gasteiger partial charge in [0.25, 0.3) is 0 Å². The highest BCUT2D eigenvalue weighted by Gasteiger charge is 2.35. The fraction of sp³-hybridized carbons (Fsp3) is 0.409. The van der Waals surface area contributed by atoms with Gasteiger partial charge in [-0.15, -0.1) is 0 Å². The van der Waals surface area contributed by atoms with Crippen LogP contribution in [0.1, 0.15) is 19.8 Å². The van der Waals surface area contributed by atoms with Gasteiger partial charge in [-0.2, -0.15) is 4.31 Å². The Labute approximate surface area is 183 Å². The number of piperidine rings is 1. The van der Waals surface area contributed by atoms with E-state index in [1.54, 1.807) is 36.4 Å². The molecule has 0 bridgehead atoms. The van der Waals surface area contributed by atoms with Crippen molar-refractivity contribution in [2.45, 2.75) is 24.7 Å². The van der Waals surface area contributed by atoms with Crippen LogP contribution in [-0.2, 0) is 14.8 Å². The van der Waals surface area contributed by atoms with Gasteiger partial charge in [0.15, 0.2) is 0 Å². The topological polar surface area (TPSA) is 94.2 Å². The number of anilines is 1. The summed E-state index contributed by atoms with van der Waals surface area (Å²) in [5.74, 6) is 0.721. The van der Waals surface area contributed by atoms with Crippen molar-refractivity contribution in [1.82, 2.24) is 4.31 Å². The van der Waals surface area contributed by atoms with Crippen LogP contribution in [0.5, 0.6) is 17.2 Å². The zero-order chi connectivity index (χ0) is 22.4. The first kappa shape index (κ1) is 22.9. The van der Waals surface area contributed by atoms with E-state index in [2.05, 4.69) is 5.32 Å². The average Bonchev–Trinajstić information content (AvgIpc) is 2.80. The van der Waals surface area contributed by atoms with Gasteiger partial charge in [0.05, 0.1) is 26.7 Å². The minimum absolute atomic E-state index is 0.0296. The number of carbonyl (C=O) groups excluding carboxylic acids is 1. The number of hydrogen-bond acceptors (Lipinski definition) is 6. The lowest BCUT2D eigenvalue weighted by Crippen LogP contribution is -2.43. The second kappa shape index (κ2) is 10.0. The van der Waals surface area contributed by atoms with Crippen molar-refractivity contribution >= 4 is 21.6 Å². The lowest BCUT2D eigenvalue weighted by atomic mass is 9.99. The van der Waals surface area contributed by atoms with Crippen LogP contribution in [0.2, 0.25) is 0 Å². The molecule has 0 spiro atoms. The summed E-state index contributed by atoms with van der Waals surface area (Å²) >= 11 is 0. The van der Waals surface area contributed by atoms with Gasteiger partial charge in [0.1, 0.15) is 22.1 Å². The minimum atomic E-state index is -3.86. The van der Waals surface area contributed by atoms with Crippen LogP contribution >= 0.6 is 0 Å². The van der Waals surface area contributed by atoms with Crippen molar-refractivity contribution in [1.29, 1.82) is 0 Å². The van der Waals surface area contributed by atoms with Crippen molar-refractivity contribution in [3.8, 4) is 17.2 Å². The second-order valence-corrected chi connectivity index (χ2v) is 9.07. The number of nitrogens with zero attached hydrogens (tertiary/aromatic N) is 1. The Morgan fingerprint density at radius 3 is 2.45 bits per heavy atom. The molecular formula is C22H28N2O6S. The zero-order valence-corrected chi connectivity index (χ0v) is 18.8. The van der Waals surface area contributed by atoms with Crippen molar-refractivity contribution < 1.29 is 27.4 Å². The molecule has 0 saturated carbocycles. The second-order valence-electron chi connectivity index (χ2n) is 7.17. The van der Waals surface area contributed by atoms with Crippen LogP contribution in [0.4, 0.5) is 5.69 Å². The van der Waals surface area contributed by atoms with Crippen LogP contribution < -0.4 is 19.5 Å². The van der Waals surface area contributed by atoms with E-state index in [0.717, 1.165) is 5.75 Å². The largest absolute Gasteiger partial charge is 0.497 e. The van der Waals surface area contributed by atoms with Crippen molar-refractivity contribution in [3.05, 3.63) is 42.5 Å². The molecule has 0 aromatic heterocycles. The Balaban J connectivity index is 1.74. The summed E-state index contributed by atoms with van der Waals surface area (Å²) in [4.78, 5) is 12.8. The summed E-state index contributed by atoms with van der Waals surface area (Å²) in [5, 5.41) is 2.87. The molecule has 1 aliphatic heterocycles. The third-order valence-electron chi connectivity index (χ3n) is 5.18. The van der Waals surface area contributed by atoms with Crippen molar-refractivity contribution in [3.63, 3.8) is 0 Å². The highest BCUT2D eigenvalue weighted by Crippen LogP contribution is 2.33. The molecule has 1 amide bonds. The zero-order valence-electron chi connectivity index (χ0n) is 18.0. The van der Waals surface area contributed by atoms with Gasteiger partial charge >= 0.3 is 0 Å². The number of amides is 1. The summed E-state index contributed by atoms with van der Waals surface area (Å²) in [6.45, 7) is 2.91. The monoisotopic (exact) mass is 448 g/mol. The maximum atomic E-state index is 13.3. The summed E-state index contributed by atoms with van der Waals surface area (Å²) in [7, 11) is -0.963. The van der Waals surface area contributed by atoms with E-state index < -0.39 is 15.9 Å². The normalized spacial score (nSPS) is 17.1. The molecule has 1 heterocycles. The molecule has 1 saturated heterocycles. The van der Waals surface area contributed by atoms with Crippen LogP contribution in [0.3, 0.4) is 0 Å². The molecule has 3 rings (SSSR count). The van der Waals surface area contributed by atoms with E-state index in [1.807, 2.05) is 6.92 Å². The van der Waals surface area contributed by atoms with Crippen LogP contribution in [-0.4, -0.2) is 52.5 Å². The van der Waals surface area contributed by atoms with E-state index in [9.17, 15) is 13.2 Å². The Kier molecular flexibility index (Phi) is 7.40. The fourth-order valence-corrected chi connectivity index (χ4v) is 5.24. The van der Waals surface area contributed by atoms with E-state index in [-0.39, 0.29) is 23.1 Å². The van der Waals surface area contributed by atoms with Crippen LogP contribution in [0, 0.1) is 5.92 Å². The Hall–Kier alpha value is -2.78. The summed E-state index contributed by atoms with van der Waals surface area (Å²) in [6, 6.07) is 11.7. The van der Waals surface area contributed by atoms with Gasteiger partial charge in [-0.1, -0.05) is 0 Å². The maximum Gasteiger partial charge on any atom is 0.246 e. The number of hydrogen-bond donors (Lipinski definition) is 1. The van der Waals surface area contributed by atoms with Crippen molar-refractivity contribution in [2.24, 2.45) is 5.92 Å². The molecular weight excluding hydrogens is 420 g/mol. The molecule has 2 aromatic carbocycles. The molecule has 0 aliphatic carbocycles. The average molecular weight is 449 g/mol. The first-order valence-electron chi connectivity index (χ1n) is 10.1. The molecule has 0 unspecified atom stereocenters. The Morgan fingerprint density at radius 1 is 1.10 bits per heavy atom. The minimum Gasteiger partial charge on any atom is -0.497 e. The quantitative estimate of drug-likeness (QED) is 0.667. The molecule has 1 fully saturated rings. The van der Waals surface area contributed by atoms with Gasteiger partial charge in [-0.05, 0) is 56.2 Å².